The number of anilines is 2. The highest BCUT2D eigenvalue weighted by Gasteiger charge is 2.07. The predicted molar refractivity (Wildman–Crippen MR) is 92.5 cm³/mol. The molecule has 0 spiro atoms. The lowest BCUT2D eigenvalue weighted by Crippen LogP contribution is -2.28. The van der Waals surface area contributed by atoms with E-state index < -0.39 is 0 Å². The number of carbonyl (C=O) groups is 2. The van der Waals surface area contributed by atoms with Crippen LogP contribution in [0.25, 0.3) is 0 Å². The fraction of sp³-hybridized carbons (Fsp3) is 0.222. The van der Waals surface area contributed by atoms with Gasteiger partial charge in [-0.05, 0) is 42.7 Å². The van der Waals surface area contributed by atoms with Crippen LogP contribution in [0.15, 0.2) is 42.5 Å². The Morgan fingerprint density at radius 3 is 2.39 bits per heavy atom. The van der Waals surface area contributed by atoms with E-state index in [2.05, 4.69) is 16.0 Å². The molecule has 0 aliphatic rings. The Morgan fingerprint density at radius 2 is 1.70 bits per heavy atom. The van der Waals surface area contributed by atoms with Crippen molar-refractivity contribution < 1.29 is 9.59 Å². The molecule has 0 aliphatic heterocycles. The van der Waals surface area contributed by atoms with Crippen LogP contribution in [0.2, 0.25) is 0 Å². The zero-order valence-electron chi connectivity index (χ0n) is 13.6. The maximum atomic E-state index is 12.1. The Kier molecular flexibility index (Phi) is 5.36. The average Bonchev–Trinajstić information content (AvgIpc) is 2.49. The molecule has 0 aliphatic carbocycles. The third-order valence-electron chi connectivity index (χ3n) is 3.51. The van der Waals surface area contributed by atoms with E-state index in [0.29, 0.717) is 17.9 Å². The molecule has 0 radical (unpaired) electrons. The van der Waals surface area contributed by atoms with Gasteiger partial charge in [0, 0.05) is 24.8 Å². The van der Waals surface area contributed by atoms with Crippen LogP contribution < -0.4 is 16.0 Å². The van der Waals surface area contributed by atoms with Crippen molar-refractivity contribution in [3.05, 3.63) is 59.2 Å². The summed E-state index contributed by atoms with van der Waals surface area (Å²) in [6, 6.07) is 13.0. The van der Waals surface area contributed by atoms with Crippen molar-refractivity contribution in [2.75, 3.05) is 10.6 Å². The molecule has 0 aromatic heterocycles. The van der Waals surface area contributed by atoms with E-state index in [1.807, 2.05) is 44.2 Å². The van der Waals surface area contributed by atoms with Gasteiger partial charge in [0.25, 0.3) is 0 Å². The quantitative estimate of drug-likeness (QED) is 0.807. The summed E-state index contributed by atoms with van der Waals surface area (Å²) in [5, 5.41) is 8.35. The normalized spacial score (nSPS) is 10.0. The molecule has 3 amide bonds. The van der Waals surface area contributed by atoms with Gasteiger partial charge in [-0.3, -0.25) is 4.79 Å². The molecule has 3 N–H and O–H groups in total. The smallest absolute Gasteiger partial charge is 0.319 e. The van der Waals surface area contributed by atoms with E-state index in [4.69, 9.17) is 0 Å². The molecule has 0 bridgehead atoms. The summed E-state index contributed by atoms with van der Waals surface area (Å²) in [7, 11) is 0. The second-order valence-electron chi connectivity index (χ2n) is 5.45. The van der Waals surface area contributed by atoms with Crippen LogP contribution in [-0.4, -0.2) is 11.9 Å². The summed E-state index contributed by atoms with van der Waals surface area (Å²) in [6.45, 7) is 5.81. The van der Waals surface area contributed by atoms with Crippen LogP contribution in [0, 0.1) is 13.8 Å². The molecule has 0 unspecified atom stereocenters. The number of urea groups is 1. The summed E-state index contributed by atoms with van der Waals surface area (Å²) < 4.78 is 0. The van der Waals surface area contributed by atoms with Gasteiger partial charge in [0.2, 0.25) is 5.91 Å². The minimum Gasteiger partial charge on any atom is -0.334 e. The molecule has 0 saturated heterocycles. The highest BCUT2D eigenvalue weighted by molar-refractivity contribution is 5.93. The molecule has 0 atom stereocenters. The zero-order valence-corrected chi connectivity index (χ0v) is 13.6. The van der Waals surface area contributed by atoms with Crippen LogP contribution in [-0.2, 0) is 11.3 Å². The first-order valence-electron chi connectivity index (χ1n) is 7.43. The third kappa shape index (κ3) is 4.85. The molecular weight excluding hydrogens is 290 g/mol. The lowest BCUT2D eigenvalue weighted by molar-refractivity contribution is -0.114. The van der Waals surface area contributed by atoms with Crippen molar-refractivity contribution in [1.82, 2.24) is 5.32 Å². The van der Waals surface area contributed by atoms with Gasteiger partial charge in [-0.2, -0.15) is 0 Å². The van der Waals surface area contributed by atoms with Gasteiger partial charge in [-0.1, -0.05) is 30.3 Å². The molecule has 2 aromatic carbocycles. The van der Waals surface area contributed by atoms with E-state index >= 15 is 0 Å². The number of nitrogens with one attached hydrogen (secondary N) is 3. The number of hydrogen-bond donors (Lipinski definition) is 3. The van der Waals surface area contributed by atoms with E-state index in [1.54, 1.807) is 12.1 Å². The molecule has 120 valence electrons. The van der Waals surface area contributed by atoms with E-state index in [0.717, 1.165) is 16.7 Å². The summed E-state index contributed by atoms with van der Waals surface area (Å²) in [4.78, 5) is 23.2. The zero-order chi connectivity index (χ0) is 16.8. The Balaban J connectivity index is 1.99. The van der Waals surface area contributed by atoms with Gasteiger partial charge in [0.1, 0.15) is 0 Å². The minimum atomic E-state index is -0.281. The van der Waals surface area contributed by atoms with E-state index in [9.17, 15) is 9.59 Å². The topological polar surface area (TPSA) is 70.2 Å². The predicted octanol–water partition coefficient (Wildman–Crippen LogP) is 3.58. The first kappa shape index (κ1) is 16.5. The number of carbonyl (C=O) groups excluding carboxylic acids is 2. The first-order chi connectivity index (χ1) is 11.0. The largest absolute Gasteiger partial charge is 0.334 e. The monoisotopic (exact) mass is 311 g/mol. The highest BCUT2D eigenvalue weighted by atomic mass is 16.2. The highest BCUT2D eigenvalue weighted by Crippen LogP contribution is 2.20. The molecule has 0 heterocycles. The average molecular weight is 311 g/mol. The number of rotatable bonds is 4. The van der Waals surface area contributed by atoms with Crippen LogP contribution >= 0.6 is 0 Å². The summed E-state index contributed by atoms with van der Waals surface area (Å²) in [5.74, 6) is -0.149. The van der Waals surface area contributed by atoms with Gasteiger partial charge >= 0.3 is 6.03 Å². The third-order valence-corrected chi connectivity index (χ3v) is 3.51. The summed E-state index contributed by atoms with van der Waals surface area (Å²) >= 11 is 0. The van der Waals surface area contributed by atoms with Crippen LogP contribution in [0.5, 0.6) is 0 Å². The van der Waals surface area contributed by atoms with Crippen molar-refractivity contribution in [3.63, 3.8) is 0 Å². The van der Waals surface area contributed by atoms with Crippen molar-refractivity contribution in [3.8, 4) is 0 Å². The van der Waals surface area contributed by atoms with Gasteiger partial charge in [0.15, 0.2) is 0 Å². The fourth-order valence-electron chi connectivity index (χ4n) is 2.19. The minimum absolute atomic E-state index is 0.149. The molecule has 0 saturated carbocycles. The standard InChI is InChI=1S/C18H21N3O2/c1-12-6-4-5-7-15(12)11-19-18(23)21-17-10-16(20-14(3)22)9-8-13(17)2/h4-10H,11H2,1-3H3,(H,20,22)(H2,19,21,23). The Hall–Kier alpha value is -2.82. The van der Waals surface area contributed by atoms with Gasteiger partial charge in [-0.25, -0.2) is 4.79 Å². The van der Waals surface area contributed by atoms with Crippen molar-refractivity contribution >= 4 is 23.3 Å². The van der Waals surface area contributed by atoms with E-state index in [-0.39, 0.29) is 11.9 Å². The SMILES string of the molecule is CC(=O)Nc1ccc(C)c(NC(=O)NCc2ccccc2C)c1. The maximum absolute atomic E-state index is 12.1. The lowest BCUT2D eigenvalue weighted by Gasteiger charge is -2.12. The Labute approximate surface area is 136 Å². The molecule has 5 nitrogen and oxygen atoms in total. The van der Waals surface area contributed by atoms with Crippen LogP contribution in [0.4, 0.5) is 16.2 Å². The van der Waals surface area contributed by atoms with E-state index in [1.165, 1.54) is 6.92 Å². The molecule has 2 aromatic rings. The van der Waals surface area contributed by atoms with Crippen LogP contribution in [0.1, 0.15) is 23.6 Å². The number of aryl methyl sites for hydroxylation is 2. The molecule has 23 heavy (non-hydrogen) atoms. The van der Waals surface area contributed by atoms with Crippen molar-refractivity contribution in [2.24, 2.45) is 0 Å². The number of benzene rings is 2. The van der Waals surface area contributed by atoms with Crippen molar-refractivity contribution in [2.45, 2.75) is 27.3 Å². The number of hydrogen-bond acceptors (Lipinski definition) is 2. The van der Waals surface area contributed by atoms with Gasteiger partial charge in [0.05, 0.1) is 0 Å². The maximum Gasteiger partial charge on any atom is 0.319 e. The van der Waals surface area contributed by atoms with Crippen LogP contribution in [0.3, 0.4) is 0 Å². The second kappa shape index (κ2) is 7.45. The van der Waals surface area contributed by atoms with Crippen molar-refractivity contribution in [1.29, 1.82) is 0 Å². The van der Waals surface area contributed by atoms with Gasteiger partial charge in [-0.15, -0.1) is 0 Å². The molecular formula is C18H21N3O2. The summed E-state index contributed by atoms with van der Waals surface area (Å²) in [5.41, 5.74) is 4.45. The molecule has 5 heteroatoms. The first-order valence-corrected chi connectivity index (χ1v) is 7.43. The molecule has 0 fully saturated rings. The Bertz CT molecular complexity index is 726. The molecule has 2 rings (SSSR count). The Morgan fingerprint density at radius 1 is 0.957 bits per heavy atom. The number of amides is 3. The lowest BCUT2D eigenvalue weighted by atomic mass is 10.1. The summed E-state index contributed by atoms with van der Waals surface area (Å²) in [6.07, 6.45) is 0. The second-order valence-corrected chi connectivity index (χ2v) is 5.45. The van der Waals surface area contributed by atoms with Gasteiger partial charge < -0.3 is 16.0 Å². The fourth-order valence-corrected chi connectivity index (χ4v) is 2.19.